The minimum Gasteiger partial charge on any atom is -0.465 e. The van der Waals surface area contributed by atoms with Crippen LogP contribution in [0.4, 0.5) is 5.00 Å². The van der Waals surface area contributed by atoms with Crippen molar-refractivity contribution in [3.8, 4) is 0 Å². The smallest absolute Gasteiger partial charge is 0.337 e. The standard InChI is InChI=1S/C23H31N3O3S/c1-6-25-11-13-26(14-12-25)21(18-7-9-19(10-8-18)23(28)29-5)20-15(2)16(3)30-22(20)24-17(4)27/h7-10,21H,6,11-14H2,1-5H3,(H,24,27)/t21-/m0/s1. The Labute approximate surface area is 182 Å². The largest absolute Gasteiger partial charge is 0.465 e. The number of anilines is 1. The van der Waals surface area contributed by atoms with E-state index in [-0.39, 0.29) is 17.9 Å². The summed E-state index contributed by atoms with van der Waals surface area (Å²) >= 11 is 1.63. The second-order valence-corrected chi connectivity index (χ2v) is 8.92. The van der Waals surface area contributed by atoms with Gasteiger partial charge in [0.2, 0.25) is 5.91 Å². The highest BCUT2D eigenvalue weighted by Crippen LogP contribution is 2.42. The average molecular weight is 430 g/mol. The van der Waals surface area contributed by atoms with Crippen LogP contribution >= 0.6 is 11.3 Å². The summed E-state index contributed by atoms with van der Waals surface area (Å²) in [6, 6.07) is 7.68. The van der Waals surface area contributed by atoms with Crippen molar-refractivity contribution in [1.82, 2.24) is 9.80 Å². The summed E-state index contributed by atoms with van der Waals surface area (Å²) in [5.41, 5.74) is 4.02. The second-order valence-electron chi connectivity index (χ2n) is 7.69. The van der Waals surface area contributed by atoms with Crippen LogP contribution < -0.4 is 5.32 Å². The van der Waals surface area contributed by atoms with Crippen molar-refractivity contribution in [3.05, 3.63) is 51.4 Å². The molecule has 0 radical (unpaired) electrons. The lowest BCUT2D eigenvalue weighted by atomic mass is 9.93. The summed E-state index contributed by atoms with van der Waals surface area (Å²) in [5.74, 6) is -0.399. The van der Waals surface area contributed by atoms with Crippen LogP contribution in [0.25, 0.3) is 0 Å². The van der Waals surface area contributed by atoms with Crippen LogP contribution in [0.2, 0.25) is 0 Å². The number of likely N-dealkylation sites (N-methyl/N-ethyl adjacent to an activating group) is 1. The molecule has 7 heteroatoms. The third-order valence-corrected chi connectivity index (χ3v) is 7.00. The lowest BCUT2D eigenvalue weighted by Crippen LogP contribution is -2.47. The van der Waals surface area contributed by atoms with Gasteiger partial charge in [0.1, 0.15) is 5.00 Å². The van der Waals surface area contributed by atoms with Crippen molar-refractivity contribution in [2.75, 3.05) is 45.2 Å². The van der Waals surface area contributed by atoms with E-state index < -0.39 is 0 Å². The molecular formula is C23H31N3O3S. The molecule has 0 saturated carbocycles. The molecular weight excluding hydrogens is 398 g/mol. The molecule has 0 aliphatic carbocycles. The number of aryl methyl sites for hydroxylation is 1. The number of piperazine rings is 1. The van der Waals surface area contributed by atoms with Crippen molar-refractivity contribution < 1.29 is 14.3 Å². The highest BCUT2D eigenvalue weighted by molar-refractivity contribution is 7.16. The molecule has 2 aromatic rings. The van der Waals surface area contributed by atoms with Gasteiger partial charge >= 0.3 is 5.97 Å². The van der Waals surface area contributed by atoms with Crippen LogP contribution in [-0.2, 0) is 9.53 Å². The van der Waals surface area contributed by atoms with Crippen molar-refractivity contribution in [2.24, 2.45) is 0 Å². The minimum atomic E-state index is -0.337. The molecule has 1 aromatic heterocycles. The van der Waals surface area contributed by atoms with Crippen LogP contribution in [0.1, 0.15) is 51.8 Å². The number of benzene rings is 1. The van der Waals surface area contributed by atoms with Gasteiger partial charge in [-0.25, -0.2) is 4.79 Å². The fourth-order valence-corrected chi connectivity index (χ4v) is 5.18. The summed E-state index contributed by atoms with van der Waals surface area (Å²) in [7, 11) is 1.39. The fraction of sp³-hybridized carbons (Fsp3) is 0.478. The molecule has 6 nitrogen and oxygen atoms in total. The number of rotatable bonds is 6. The van der Waals surface area contributed by atoms with Gasteiger partial charge < -0.3 is 15.0 Å². The van der Waals surface area contributed by atoms with Crippen LogP contribution in [0, 0.1) is 13.8 Å². The molecule has 30 heavy (non-hydrogen) atoms. The summed E-state index contributed by atoms with van der Waals surface area (Å²) < 4.78 is 4.85. The Hall–Kier alpha value is -2.22. The van der Waals surface area contributed by atoms with Gasteiger partial charge in [0.25, 0.3) is 0 Å². The molecule has 1 amide bonds. The van der Waals surface area contributed by atoms with E-state index in [1.54, 1.807) is 18.3 Å². The van der Waals surface area contributed by atoms with E-state index in [9.17, 15) is 9.59 Å². The fourth-order valence-electron chi connectivity index (χ4n) is 4.04. The first-order valence-corrected chi connectivity index (χ1v) is 11.2. The maximum Gasteiger partial charge on any atom is 0.337 e. The molecule has 1 atom stereocenters. The van der Waals surface area contributed by atoms with E-state index >= 15 is 0 Å². The van der Waals surface area contributed by atoms with E-state index in [0.717, 1.165) is 48.9 Å². The van der Waals surface area contributed by atoms with Crippen molar-refractivity contribution >= 4 is 28.2 Å². The van der Waals surface area contributed by atoms with Gasteiger partial charge in [-0.1, -0.05) is 19.1 Å². The lowest BCUT2D eigenvalue weighted by molar-refractivity contribution is -0.114. The molecule has 0 spiro atoms. The van der Waals surface area contributed by atoms with E-state index in [0.29, 0.717) is 5.56 Å². The van der Waals surface area contributed by atoms with Crippen molar-refractivity contribution in [2.45, 2.75) is 33.7 Å². The van der Waals surface area contributed by atoms with Crippen LogP contribution in [0.3, 0.4) is 0 Å². The summed E-state index contributed by atoms with van der Waals surface area (Å²) in [4.78, 5) is 29.9. The first-order valence-electron chi connectivity index (χ1n) is 10.4. The minimum absolute atomic E-state index is 0.0162. The van der Waals surface area contributed by atoms with Crippen LogP contribution in [0.15, 0.2) is 24.3 Å². The number of hydrogen-bond donors (Lipinski definition) is 1. The Bertz CT molecular complexity index is 899. The Morgan fingerprint density at radius 2 is 1.77 bits per heavy atom. The highest BCUT2D eigenvalue weighted by atomic mass is 32.1. The van der Waals surface area contributed by atoms with Gasteiger partial charge in [-0.15, -0.1) is 11.3 Å². The van der Waals surface area contributed by atoms with E-state index in [1.165, 1.54) is 17.6 Å². The monoisotopic (exact) mass is 429 g/mol. The number of nitrogens with zero attached hydrogens (tertiary/aromatic N) is 2. The topological polar surface area (TPSA) is 61.9 Å². The number of methoxy groups -OCH3 is 1. The van der Waals surface area contributed by atoms with Gasteiger partial charge in [-0.05, 0) is 43.7 Å². The van der Waals surface area contributed by atoms with E-state index in [2.05, 4.69) is 35.9 Å². The quantitative estimate of drug-likeness (QED) is 0.707. The molecule has 1 aliphatic rings. The summed E-state index contributed by atoms with van der Waals surface area (Å²) in [5, 5.41) is 3.97. The lowest BCUT2D eigenvalue weighted by Gasteiger charge is -2.39. The SMILES string of the molecule is CCN1CCN([C@@H](c2ccc(C(=O)OC)cc2)c2c(NC(C)=O)sc(C)c2C)CC1. The number of amides is 1. The average Bonchev–Trinajstić information content (AvgIpc) is 3.01. The Kier molecular flexibility index (Phi) is 7.28. The Morgan fingerprint density at radius 1 is 1.13 bits per heavy atom. The number of carbonyl (C=O) groups is 2. The number of esters is 1. The normalized spacial score (nSPS) is 16.3. The molecule has 0 bridgehead atoms. The van der Waals surface area contributed by atoms with Gasteiger partial charge in [0.15, 0.2) is 0 Å². The number of hydrogen-bond acceptors (Lipinski definition) is 6. The van der Waals surface area contributed by atoms with E-state index in [1.807, 2.05) is 24.3 Å². The van der Waals surface area contributed by atoms with Crippen LogP contribution in [-0.4, -0.2) is 61.5 Å². The molecule has 1 aromatic carbocycles. The predicted molar refractivity (Wildman–Crippen MR) is 121 cm³/mol. The van der Waals surface area contributed by atoms with Crippen LogP contribution in [0.5, 0.6) is 0 Å². The Morgan fingerprint density at radius 3 is 2.30 bits per heavy atom. The number of ether oxygens (including phenoxy) is 1. The second kappa shape index (κ2) is 9.73. The van der Waals surface area contributed by atoms with Gasteiger partial charge in [0.05, 0.1) is 18.7 Å². The molecule has 1 N–H and O–H groups in total. The van der Waals surface area contributed by atoms with Gasteiger partial charge in [-0.3, -0.25) is 9.69 Å². The third-order valence-electron chi connectivity index (χ3n) is 5.86. The van der Waals surface area contributed by atoms with E-state index in [4.69, 9.17) is 4.74 Å². The first-order chi connectivity index (χ1) is 14.3. The van der Waals surface area contributed by atoms with Crippen molar-refractivity contribution in [3.63, 3.8) is 0 Å². The molecule has 1 fully saturated rings. The molecule has 2 heterocycles. The molecule has 3 rings (SSSR count). The number of nitrogens with one attached hydrogen (secondary N) is 1. The van der Waals surface area contributed by atoms with Gasteiger partial charge in [-0.2, -0.15) is 0 Å². The molecule has 0 unspecified atom stereocenters. The Balaban J connectivity index is 2.05. The predicted octanol–water partition coefficient (Wildman–Crippen LogP) is 3.84. The maximum atomic E-state index is 11.9. The number of carbonyl (C=O) groups excluding carboxylic acids is 2. The first kappa shape index (κ1) is 22.5. The van der Waals surface area contributed by atoms with Crippen molar-refractivity contribution in [1.29, 1.82) is 0 Å². The zero-order chi connectivity index (χ0) is 21.8. The summed E-state index contributed by atoms with van der Waals surface area (Å²) in [6.45, 7) is 13.0. The highest BCUT2D eigenvalue weighted by Gasteiger charge is 2.31. The zero-order valence-electron chi connectivity index (χ0n) is 18.4. The van der Waals surface area contributed by atoms with Gasteiger partial charge in [0, 0.05) is 43.5 Å². The molecule has 1 aliphatic heterocycles. The third kappa shape index (κ3) is 4.74. The number of thiophene rings is 1. The maximum absolute atomic E-state index is 11.9. The summed E-state index contributed by atoms with van der Waals surface area (Å²) in [6.07, 6.45) is 0. The zero-order valence-corrected chi connectivity index (χ0v) is 19.3. The molecule has 162 valence electrons. The molecule has 1 saturated heterocycles.